The molecule has 0 bridgehead atoms. The highest BCUT2D eigenvalue weighted by Gasteiger charge is 2.07. The molecular formula is C14H20BrN. The van der Waals surface area contributed by atoms with Gasteiger partial charge in [0.05, 0.1) is 0 Å². The Balaban J connectivity index is 2.46. The predicted octanol–water partition coefficient (Wildman–Crippen LogP) is 4.11. The molecule has 0 saturated heterocycles. The summed E-state index contributed by atoms with van der Waals surface area (Å²) in [7, 11) is 0. The van der Waals surface area contributed by atoms with Gasteiger partial charge < -0.3 is 5.32 Å². The lowest BCUT2D eigenvalue weighted by Gasteiger charge is -2.17. The minimum absolute atomic E-state index is 0.507. The molecule has 1 nitrogen and oxygen atoms in total. The highest BCUT2D eigenvalue weighted by atomic mass is 79.9. The van der Waals surface area contributed by atoms with Crippen LogP contribution in [0.4, 0.5) is 0 Å². The van der Waals surface area contributed by atoms with E-state index < -0.39 is 0 Å². The predicted molar refractivity (Wildman–Crippen MR) is 74.8 cm³/mol. The van der Waals surface area contributed by atoms with Gasteiger partial charge in [-0.3, -0.25) is 0 Å². The van der Waals surface area contributed by atoms with Crippen LogP contribution in [0.15, 0.2) is 41.4 Å². The molecule has 0 spiro atoms. The average Bonchev–Trinajstić information content (AvgIpc) is 2.26. The Morgan fingerprint density at radius 1 is 1.44 bits per heavy atom. The maximum atomic E-state index is 3.75. The summed E-state index contributed by atoms with van der Waals surface area (Å²) < 4.78 is 1.15. The van der Waals surface area contributed by atoms with Crippen molar-refractivity contribution >= 4 is 15.9 Å². The van der Waals surface area contributed by atoms with Crippen molar-refractivity contribution in [2.24, 2.45) is 0 Å². The Kier molecular flexibility index (Phi) is 5.78. The van der Waals surface area contributed by atoms with Crippen molar-refractivity contribution in [1.29, 1.82) is 0 Å². The van der Waals surface area contributed by atoms with Crippen LogP contribution < -0.4 is 5.32 Å². The van der Waals surface area contributed by atoms with Crippen molar-refractivity contribution in [2.75, 3.05) is 6.54 Å². The summed E-state index contributed by atoms with van der Waals surface area (Å²) in [6.45, 7) is 9.19. The molecule has 0 aliphatic rings. The molecule has 0 amide bonds. The lowest BCUT2D eigenvalue weighted by molar-refractivity contribution is 0.523. The molecule has 2 unspecified atom stereocenters. The van der Waals surface area contributed by atoms with Gasteiger partial charge in [-0.05, 0) is 37.0 Å². The Bertz CT molecular complexity index is 335. The van der Waals surface area contributed by atoms with E-state index in [1.807, 2.05) is 6.08 Å². The molecule has 0 aromatic heterocycles. The minimum Gasteiger partial charge on any atom is -0.313 e. The molecule has 0 radical (unpaired) electrons. The third-order valence-corrected chi connectivity index (χ3v) is 3.20. The van der Waals surface area contributed by atoms with Gasteiger partial charge in [0, 0.05) is 17.1 Å². The van der Waals surface area contributed by atoms with Crippen LogP contribution >= 0.6 is 15.9 Å². The van der Waals surface area contributed by atoms with Crippen molar-refractivity contribution in [3.63, 3.8) is 0 Å². The minimum atomic E-state index is 0.507. The summed E-state index contributed by atoms with van der Waals surface area (Å²) in [6.07, 6.45) is 2.98. The third-order valence-electron chi connectivity index (χ3n) is 2.71. The fraction of sp³-hybridized carbons (Fsp3) is 0.429. The SMILES string of the molecule is C=CCC(C)NCC(C)c1cccc(Br)c1. The van der Waals surface area contributed by atoms with Gasteiger partial charge in [0.15, 0.2) is 0 Å². The monoisotopic (exact) mass is 281 g/mol. The molecule has 88 valence electrons. The number of hydrogen-bond donors (Lipinski definition) is 1. The van der Waals surface area contributed by atoms with E-state index in [1.54, 1.807) is 0 Å². The topological polar surface area (TPSA) is 12.0 Å². The van der Waals surface area contributed by atoms with Gasteiger partial charge >= 0.3 is 0 Å². The van der Waals surface area contributed by atoms with E-state index in [0.29, 0.717) is 12.0 Å². The normalized spacial score (nSPS) is 14.4. The highest BCUT2D eigenvalue weighted by Crippen LogP contribution is 2.19. The van der Waals surface area contributed by atoms with Crippen molar-refractivity contribution in [1.82, 2.24) is 5.32 Å². The molecule has 0 aliphatic carbocycles. The summed E-state index contributed by atoms with van der Waals surface area (Å²) in [6, 6.07) is 9.01. The Hall–Kier alpha value is -0.600. The summed E-state index contributed by atoms with van der Waals surface area (Å²) >= 11 is 3.50. The quantitative estimate of drug-likeness (QED) is 0.774. The number of hydrogen-bond acceptors (Lipinski definition) is 1. The van der Waals surface area contributed by atoms with Crippen molar-refractivity contribution in [3.8, 4) is 0 Å². The van der Waals surface area contributed by atoms with E-state index in [2.05, 4.69) is 65.9 Å². The van der Waals surface area contributed by atoms with Crippen LogP contribution in [0.25, 0.3) is 0 Å². The van der Waals surface area contributed by atoms with Gasteiger partial charge in [-0.15, -0.1) is 6.58 Å². The van der Waals surface area contributed by atoms with Crippen LogP contribution in [0.1, 0.15) is 31.7 Å². The zero-order valence-electron chi connectivity index (χ0n) is 10.0. The second-order valence-corrected chi connectivity index (χ2v) is 5.21. The standard InChI is InChI=1S/C14H20BrN/c1-4-6-12(3)16-10-11(2)13-7-5-8-14(15)9-13/h4-5,7-9,11-12,16H,1,6,10H2,2-3H3. The zero-order chi connectivity index (χ0) is 12.0. The number of rotatable bonds is 6. The van der Waals surface area contributed by atoms with E-state index >= 15 is 0 Å². The number of nitrogens with one attached hydrogen (secondary N) is 1. The number of benzene rings is 1. The summed E-state index contributed by atoms with van der Waals surface area (Å²) in [5, 5.41) is 3.51. The molecule has 1 N–H and O–H groups in total. The van der Waals surface area contributed by atoms with Crippen molar-refractivity contribution in [2.45, 2.75) is 32.2 Å². The number of halogens is 1. The molecule has 1 aromatic rings. The van der Waals surface area contributed by atoms with E-state index in [4.69, 9.17) is 0 Å². The highest BCUT2D eigenvalue weighted by molar-refractivity contribution is 9.10. The fourth-order valence-corrected chi connectivity index (χ4v) is 2.06. The molecule has 0 fully saturated rings. The molecule has 0 heterocycles. The summed E-state index contributed by atoms with van der Waals surface area (Å²) in [4.78, 5) is 0. The third kappa shape index (κ3) is 4.50. The maximum Gasteiger partial charge on any atom is 0.0178 e. The smallest absolute Gasteiger partial charge is 0.0178 e. The second-order valence-electron chi connectivity index (χ2n) is 4.29. The first-order valence-electron chi connectivity index (χ1n) is 5.73. The Labute approximate surface area is 107 Å². The van der Waals surface area contributed by atoms with Crippen LogP contribution in [-0.4, -0.2) is 12.6 Å². The molecule has 0 saturated carbocycles. The van der Waals surface area contributed by atoms with E-state index in [-0.39, 0.29) is 0 Å². The largest absolute Gasteiger partial charge is 0.313 e. The van der Waals surface area contributed by atoms with Gasteiger partial charge in [-0.1, -0.05) is 41.1 Å². The first-order valence-corrected chi connectivity index (χ1v) is 6.52. The van der Waals surface area contributed by atoms with E-state index in [9.17, 15) is 0 Å². The molecular weight excluding hydrogens is 262 g/mol. The first-order chi connectivity index (χ1) is 7.63. The summed E-state index contributed by atoms with van der Waals surface area (Å²) in [5.41, 5.74) is 1.37. The second kappa shape index (κ2) is 6.87. The molecule has 1 rings (SSSR count). The van der Waals surface area contributed by atoms with Crippen LogP contribution in [0, 0.1) is 0 Å². The lowest BCUT2D eigenvalue weighted by atomic mass is 10.0. The van der Waals surface area contributed by atoms with Gasteiger partial charge in [0.2, 0.25) is 0 Å². The van der Waals surface area contributed by atoms with Crippen molar-refractivity contribution < 1.29 is 0 Å². The molecule has 1 aromatic carbocycles. The maximum absolute atomic E-state index is 3.75. The lowest BCUT2D eigenvalue weighted by Crippen LogP contribution is -2.29. The van der Waals surface area contributed by atoms with Gasteiger partial charge in [-0.2, -0.15) is 0 Å². The molecule has 2 atom stereocenters. The first kappa shape index (κ1) is 13.5. The van der Waals surface area contributed by atoms with Gasteiger partial charge in [0.25, 0.3) is 0 Å². The van der Waals surface area contributed by atoms with Gasteiger partial charge in [-0.25, -0.2) is 0 Å². The van der Waals surface area contributed by atoms with Crippen LogP contribution in [-0.2, 0) is 0 Å². The van der Waals surface area contributed by atoms with Crippen LogP contribution in [0.2, 0.25) is 0 Å². The van der Waals surface area contributed by atoms with Crippen LogP contribution in [0.5, 0.6) is 0 Å². The zero-order valence-corrected chi connectivity index (χ0v) is 11.6. The van der Waals surface area contributed by atoms with Crippen molar-refractivity contribution in [3.05, 3.63) is 47.0 Å². The molecule has 2 heteroatoms. The van der Waals surface area contributed by atoms with Crippen LogP contribution in [0.3, 0.4) is 0 Å². The summed E-state index contributed by atoms with van der Waals surface area (Å²) in [5.74, 6) is 0.532. The van der Waals surface area contributed by atoms with E-state index in [1.165, 1.54) is 5.56 Å². The Morgan fingerprint density at radius 3 is 2.81 bits per heavy atom. The Morgan fingerprint density at radius 2 is 2.19 bits per heavy atom. The molecule has 16 heavy (non-hydrogen) atoms. The fourth-order valence-electron chi connectivity index (χ4n) is 1.64. The van der Waals surface area contributed by atoms with E-state index in [0.717, 1.165) is 17.4 Å². The van der Waals surface area contributed by atoms with Gasteiger partial charge in [0.1, 0.15) is 0 Å². The average molecular weight is 282 g/mol. The molecule has 0 aliphatic heterocycles.